The van der Waals surface area contributed by atoms with E-state index in [2.05, 4.69) is 22.4 Å². The van der Waals surface area contributed by atoms with Gasteiger partial charge in [-0.25, -0.2) is 0 Å². The van der Waals surface area contributed by atoms with Gasteiger partial charge < -0.3 is 9.73 Å². The number of thioether (sulfide) groups is 1. The summed E-state index contributed by atoms with van der Waals surface area (Å²) in [6.45, 7) is 2.21. The quantitative estimate of drug-likeness (QED) is 0.812. The van der Waals surface area contributed by atoms with Crippen molar-refractivity contribution in [2.24, 2.45) is 5.92 Å². The van der Waals surface area contributed by atoms with E-state index in [0.29, 0.717) is 35.2 Å². The smallest absolute Gasteiger partial charge is 0.277 e. The van der Waals surface area contributed by atoms with Crippen LogP contribution in [0.5, 0.6) is 0 Å². The third-order valence-corrected chi connectivity index (χ3v) is 5.25. The zero-order chi connectivity index (χ0) is 16.8. The fourth-order valence-electron chi connectivity index (χ4n) is 3.04. The van der Waals surface area contributed by atoms with E-state index in [1.165, 1.54) is 31.0 Å². The highest BCUT2D eigenvalue weighted by molar-refractivity contribution is 7.99. The molecule has 2 aromatic rings. The van der Waals surface area contributed by atoms with Gasteiger partial charge in [0.1, 0.15) is 0 Å². The Bertz CT molecular complexity index is 659. The Kier molecular flexibility index (Phi) is 5.91. The monoisotopic (exact) mass is 345 g/mol. The summed E-state index contributed by atoms with van der Waals surface area (Å²) in [5.74, 6) is 1.50. The number of hydrogen-bond donors (Lipinski definition) is 1. The van der Waals surface area contributed by atoms with Crippen LogP contribution < -0.4 is 5.32 Å². The van der Waals surface area contributed by atoms with Crippen molar-refractivity contribution in [3.8, 4) is 0 Å². The summed E-state index contributed by atoms with van der Waals surface area (Å²) in [6.07, 6.45) is 5.37. The number of aromatic nitrogens is 2. The second kappa shape index (κ2) is 8.33. The molecular formula is C18H23N3O2S. The second-order valence-corrected chi connectivity index (χ2v) is 7.28. The summed E-state index contributed by atoms with van der Waals surface area (Å²) in [5, 5.41) is 11.6. The van der Waals surface area contributed by atoms with E-state index in [4.69, 9.17) is 4.42 Å². The molecule has 6 heteroatoms. The van der Waals surface area contributed by atoms with E-state index in [9.17, 15) is 4.79 Å². The Morgan fingerprint density at radius 1 is 1.25 bits per heavy atom. The highest BCUT2D eigenvalue weighted by atomic mass is 32.2. The van der Waals surface area contributed by atoms with Gasteiger partial charge in [-0.15, -0.1) is 10.2 Å². The summed E-state index contributed by atoms with van der Waals surface area (Å²) in [4.78, 5) is 12.1. The van der Waals surface area contributed by atoms with Crippen molar-refractivity contribution >= 4 is 17.7 Å². The molecule has 1 N–H and O–H groups in total. The second-order valence-electron chi connectivity index (χ2n) is 6.35. The molecule has 3 rings (SSSR count). The van der Waals surface area contributed by atoms with Gasteiger partial charge in [0.2, 0.25) is 11.8 Å². The summed E-state index contributed by atoms with van der Waals surface area (Å²) in [5.41, 5.74) is 1.13. The van der Waals surface area contributed by atoms with E-state index in [-0.39, 0.29) is 5.91 Å². The van der Waals surface area contributed by atoms with Crippen molar-refractivity contribution in [3.05, 3.63) is 41.8 Å². The maximum atomic E-state index is 12.1. The molecule has 1 amide bonds. The minimum atomic E-state index is 0.0431. The zero-order valence-electron chi connectivity index (χ0n) is 13.9. The van der Waals surface area contributed by atoms with Crippen molar-refractivity contribution in [3.63, 3.8) is 0 Å². The van der Waals surface area contributed by atoms with Crippen LogP contribution in [0.25, 0.3) is 0 Å². The van der Waals surface area contributed by atoms with Crippen molar-refractivity contribution in [1.29, 1.82) is 0 Å². The van der Waals surface area contributed by atoms with Crippen LogP contribution in [0.4, 0.5) is 0 Å². The van der Waals surface area contributed by atoms with Crippen LogP contribution in [0.15, 0.2) is 40.0 Å². The third-order valence-electron chi connectivity index (χ3n) is 4.43. The normalized spacial score (nSPS) is 20.7. The van der Waals surface area contributed by atoms with Gasteiger partial charge >= 0.3 is 0 Å². The van der Waals surface area contributed by atoms with E-state index in [1.807, 2.05) is 30.3 Å². The first-order chi connectivity index (χ1) is 11.7. The summed E-state index contributed by atoms with van der Waals surface area (Å²) in [6, 6.07) is 10.3. The first-order valence-corrected chi connectivity index (χ1v) is 9.48. The predicted molar refractivity (Wildman–Crippen MR) is 93.8 cm³/mol. The molecule has 128 valence electrons. The highest BCUT2D eigenvalue weighted by Gasteiger charge is 2.23. The molecule has 1 aromatic heterocycles. The molecule has 0 bridgehead atoms. The van der Waals surface area contributed by atoms with Gasteiger partial charge in [-0.3, -0.25) is 4.79 Å². The van der Waals surface area contributed by atoms with E-state index < -0.39 is 0 Å². The predicted octanol–water partition coefficient (Wildman–Crippen LogP) is 3.45. The van der Waals surface area contributed by atoms with Crippen molar-refractivity contribution in [1.82, 2.24) is 15.5 Å². The topological polar surface area (TPSA) is 68.0 Å². The molecule has 0 radical (unpaired) electrons. The number of amides is 1. The lowest BCUT2D eigenvalue weighted by atomic mass is 9.86. The van der Waals surface area contributed by atoms with E-state index >= 15 is 0 Å². The molecule has 1 heterocycles. The molecule has 1 aliphatic rings. The van der Waals surface area contributed by atoms with Crippen LogP contribution in [-0.2, 0) is 11.2 Å². The molecule has 0 unspecified atom stereocenters. The Labute approximate surface area is 146 Å². The first-order valence-electron chi connectivity index (χ1n) is 8.49. The van der Waals surface area contributed by atoms with Gasteiger partial charge in [-0.05, 0) is 24.3 Å². The molecule has 0 spiro atoms. The standard InChI is InChI=1S/C18H23N3O2S/c1-13-7-5-6-10-15(13)19-16(22)12-24-18-21-20-17(23-18)11-14-8-3-2-4-9-14/h2-4,8-9,13,15H,5-7,10-12H2,1H3,(H,19,22)/t13-,15+/m0/s1. The van der Waals surface area contributed by atoms with Crippen LogP contribution in [0.3, 0.4) is 0 Å². The molecule has 2 atom stereocenters. The molecule has 0 saturated heterocycles. The number of benzene rings is 1. The minimum Gasteiger partial charge on any atom is -0.416 e. The lowest BCUT2D eigenvalue weighted by Crippen LogP contribution is -2.41. The molecule has 1 aromatic carbocycles. The maximum absolute atomic E-state index is 12.1. The molecule has 5 nitrogen and oxygen atoms in total. The van der Waals surface area contributed by atoms with Gasteiger partial charge in [0.25, 0.3) is 5.22 Å². The number of carbonyl (C=O) groups excluding carboxylic acids is 1. The average Bonchev–Trinajstić information content (AvgIpc) is 3.03. The van der Waals surface area contributed by atoms with E-state index in [0.717, 1.165) is 12.0 Å². The van der Waals surface area contributed by atoms with Gasteiger partial charge in [0.15, 0.2) is 0 Å². The fraction of sp³-hybridized carbons (Fsp3) is 0.500. The Balaban J connectivity index is 1.45. The SMILES string of the molecule is C[C@H]1CCCC[C@H]1NC(=O)CSc1nnc(Cc2ccccc2)o1. The van der Waals surface area contributed by atoms with Gasteiger partial charge in [-0.1, -0.05) is 61.9 Å². The number of nitrogens with zero attached hydrogens (tertiary/aromatic N) is 2. The van der Waals surface area contributed by atoms with Gasteiger partial charge in [0, 0.05) is 6.04 Å². The Morgan fingerprint density at radius 2 is 2.04 bits per heavy atom. The maximum Gasteiger partial charge on any atom is 0.277 e. The third kappa shape index (κ3) is 4.84. The van der Waals surface area contributed by atoms with Crippen LogP contribution >= 0.6 is 11.8 Å². The molecule has 1 fully saturated rings. The number of hydrogen-bond acceptors (Lipinski definition) is 5. The molecule has 1 aliphatic carbocycles. The average molecular weight is 345 g/mol. The molecule has 1 saturated carbocycles. The summed E-state index contributed by atoms with van der Waals surface area (Å²) < 4.78 is 5.61. The largest absolute Gasteiger partial charge is 0.416 e. The lowest BCUT2D eigenvalue weighted by molar-refractivity contribution is -0.119. The van der Waals surface area contributed by atoms with Crippen molar-refractivity contribution < 1.29 is 9.21 Å². The number of carbonyl (C=O) groups is 1. The van der Waals surface area contributed by atoms with Gasteiger partial charge in [-0.2, -0.15) is 0 Å². The lowest BCUT2D eigenvalue weighted by Gasteiger charge is -2.29. The summed E-state index contributed by atoms with van der Waals surface area (Å²) in [7, 11) is 0. The van der Waals surface area contributed by atoms with Crippen molar-refractivity contribution in [2.75, 3.05) is 5.75 Å². The molecule has 0 aliphatic heterocycles. The highest BCUT2D eigenvalue weighted by Crippen LogP contribution is 2.24. The van der Waals surface area contributed by atoms with E-state index in [1.54, 1.807) is 0 Å². The van der Waals surface area contributed by atoms with Crippen LogP contribution in [-0.4, -0.2) is 27.9 Å². The Morgan fingerprint density at radius 3 is 2.83 bits per heavy atom. The van der Waals surface area contributed by atoms with Gasteiger partial charge in [0.05, 0.1) is 12.2 Å². The van der Waals surface area contributed by atoms with Crippen LogP contribution in [0.1, 0.15) is 44.1 Å². The Hall–Kier alpha value is -1.82. The fourth-order valence-corrected chi connectivity index (χ4v) is 3.64. The minimum absolute atomic E-state index is 0.0431. The first kappa shape index (κ1) is 17.0. The zero-order valence-corrected chi connectivity index (χ0v) is 14.7. The number of rotatable bonds is 6. The summed E-state index contributed by atoms with van der Waals surface area (Å²) >= 11 is 1.30. The molecular weight excluding hydrogens is 322 g/mol. The van der Waals surface area contributed by atoms with Crippen LogP contribution in [0.2, 0.25) is 0 Å². The van der Waals surface area contributed by atoms with Crippen LogP contribution in [0, 0.1) is 5.92 Å². The molecule has 24 heavy (non-hydrogen) atoms. The number of nitrogens with one attached hydrogen (secondary N) is 1. The van der Waals surface area contributed by atoms with Crippen molar-refractivity contribution in [2.45, 2.75) is 50.3 Å².